The van der Waals surface area contributed by atoms with E-state index in [1.807, 2.05) is 33.9 Å². The molecule has 2 rings (SSSR count). The van der Waals surface area contributed by atoms with E-state index in [0.717, 1.165) is 34.6 Å². The Morgan fingerprint density at radius 3 is 2.21 bits per heavy atom. The third kappa shape index (κ3) is 2.96. The Morgan fingerprint density at radius 1 is 1.05 bits per heavy atom. The van der Waals surface area contributed by atoms with Crippen molar-refractivity contribution < 1.29 is 4.39 Å². The van der Waals surface area contributed by atoms with Crippen molar-refractivity contribution >= 4 is 0 Å². The number of nitrogens with zero attached hydrogens (tertiary/aromatic N) is 2. The summed E-state index contributed by atoms with van der Waals surface area (Å²) >= 11 is 0. The number of halogens is 1. The molecule has 0 saturated heterocycles. The van der Waals surface area contributed by atoms with Crippen LogP contribution in [0.4, 0.5) is 4.39 Å². The summed E-state index contributed by atoms with van der Waals surface area (Å²) in [4.78, 5) is 8.97. The highest BCUT2D eigenvalue weighted by Gasteiger charge is 2.10. The van der Waals surface area contributed by atoms with Crippen LogP contribution >= 0.6 is 0 Å². The number of nitrogens with one attached hydrogen (secondary N) is 1. The van der Waals surface area contributed by atoms with Crippen LogP contribution < -0.4 is 5.32 Å². The quantitative estimate of drug-likeness (QED) is 0.921. The molecule has 0 radical (unpaired) electrons. The predicted molar refractivity (Wildman–Crippen MR) is 74.4 cm³/mol. The van der Waals surface area contributed by atoms with Crippen LogP contribution in [0.25, 0.3) is 11.4 Å². The van der Waals surface area contributed by atoms with Crippen molar-refractivity contribution in [1.82, 2.24) is 15.3 Å². The van der Waals surface area contributed by atoms with Gasteiger partial charge in [-0.25, -0.2) is 14.4 Å². The molecule has 0 amide bonds. The average molecular weight is 259 g/mol. The molecule has 1 heterocycles. The molecule has 4 heteroatoms. The molecule has 3 nitrogen and oxygen atoms in total. The molecule has 0 aliphatic heterocycles. The fourth-order valence-corrected chi connectivity index (χ4v) is 2.17. The summed E-state index contributed by atoms with van der Waals surface area (Å²) < 4.78 is 13.4. The van der Waals surface area contributed by atoms with E-state index in [1.54, 1.807) is 0 Å². The molecule has 0 spiro atoms. The van der Waals surface area contributed by atoms with Crippen LogP contribution in [0.3, 0.4) is 0 Å². The monoisotopic (exact) mass is 259 g/mol. The maximum atomic E-state index is 13.4. The molecule has 0 atom stereocenters. The van der Waals surface area contributed by atoms with Gasteiger partial charge in [-0.3, -0.25) is 0 Å². The maximum absolute atomic E-state index is 13.4. The highest BCUT2D eigenvalue weighted by Crippen LogP contribution is 2.21. The number of hydrogen-bond acceptors (Lipinski definition) is 3. The molecule has 1 aromatic carbocycles. The molecule has 2 aromatic rings. The van der Waals surface area contributed by atoms with E-state index < -0.39 is 0 Å². The first-order valence-corrected chi connectivity index (χ1v) is 6.27. The van der Waals surface area contributed by atoms with Crippen molar-refractivity contribution in [3.8, 4) is 11.4 Å². The lowest BCUT2D eigenvalue weighted by atomic mass is 10.1. The van der Waals surface area contributed by atoms with Gasteiger partial charge in [0, 0.05) is 29.1 Å². The van der Waals surface area contributed by atoms with Crippen LogP contribution in [0, 0.1) is 26.6 Å². The molecular weight excluding hydrogens is 241 g/mol. The average Bonchev–Trinajstić information content (AvgIpc) is 2.32. The van der Waals surface area contributed by atoms with Gasteiger partial charge in [-0.1, -0.05) is 0 Å². The van der Waals surface area contributed by atoms with E-state index in [4.69, 9.17) is 0 Å². The first kappa shape index (κ1) is 13.6. The van der Waals surface area contributed by atoms with Crippen LogP contribution in [0.5, 0.6) is 0 Å². The Bertz CT molecular complexity index is 565. The molecule has 0 bridgehead atoms. The predicted octanol–water partition coefficient (Wildman–Crippen LogP) is 2.93. The second kappa shape index (κ2) is 5.45. The summed E-state index contributed by atoms with van der Waals surface area (Å²) in [7, 11) is 1.89. The van der Waals surface area contributed by atoms with Crippen LogP contribution in [-0.2, 0) is 6.54 Å². The van der Waals surface area contributed by atoms with Gasteiger partial charge in [0.1, 0.15) is 5.82 Å². The molecular formula is C15H18FN3. The van der Waals surface area contributed by atoms with Gasteiger partial charge in [0.15, 0.2) is 5.82 Å². The summed E-state index contributed by atoms with van der Waals surface area (Å²) in [5, 5.41) is 3.10. The Hall–Kier alpha value is -1.81. The topological polar surface area (TPSA) is 37.8 Å². The summed E-state index contributed by atoms with van der Waals surface area (Å²) in [6, 6.07) is 4.87. The third-order valence-corrected chi connectivity index (χ3v) is 3.07. The van der Waals surface area contributed by atoms with Gasteiger partial charge in [-0.2, -0.15) is 0 Å². The first-order chi connectivity index (χ1) is 9.01. The molecule has 0 saturated carbocycles. The van der Waals surface area contributed by atoms with E-state index >= 15 is 0 Å². The zero-order chi connectivity index (χ0) is 14.0. The smallest absolute Gasteiger partial charge is 0.159 e. The van der Waals surface area contributed by atoms with Crippen molar-refractivity contribution in [2.45, 2.75) is 27.3 Å². The van der Waals surface area contributed by atoms with Gasteiger partial charge >= 0.3 is 0 Å². The highest BCUT2D eigenvalue weighted by molar-refractivity contribution is 5.57. The first-order valence-electron chi connectivity index (χ1n) is 6.27. The van der Waals surface area contributed by atoms with Crippen molar-refractivity contribution in [1.29, 1.82) is 0 Å². The zero-order valence-electron chi connectivity index (χ0n) is 11.7. The lowest BCUT2D eigenvalue weighted by Gasteiger charge is -2.11. The summed E-state index contributed by atoms with van der Waals surface area (Å²) in [6.45, 7) is 6.51. The Balaban J connectivity index is 2.51. The van der Waals surface area contributed by atoms with Crippen LogP contribution in [0.1, 0.15) is 22.5 Å². The second-order valence-electron chi connectivity index (χ2n) is 4.74. The third-order valence-electron chi connectivity index (χ3n) is 3.07. The van der Waals surface area contributed by atoms with Gasteiger partial charge in [0.2, 0.25) is 0 Å². The fourth-order valence-electron chi connectivity index (χ4n) is 2.17. The largest absolute Gasteiger partial charge is 0.316 e. The van der Waals surface area contributed by atoms with Crippen molar-refractivity contribution in [3.63, 3.8) is 0 Å². The normalized spacial score (nSPS) is 10.8. The molecule has 19 heavy (non-hydrogen) atoms. The maximum Gasteiger partial charge on any atom is 0.159 e. The van der Waals surface area contributed by atoms with Gasteiger partial charge in [-0.05, 0) is 51.6 Å². The number of aromatic nitrogens is 2. The van der Waals surface area contributed by atoms with E-state index in [-0.39, 0.29) is 5.82 Å². The fraction of sp³-hybridized carbons (Fsp3) is 0.333. The van der Waals surface area contributed by atoms with Gasteiger partial charge in [0.05, 0.1) is 0 Å². The minimum Gasteiger partial charge on any atom is -0.316 e. The van der Waals surface area contributed by atoms with Crippen molar-refractivity contribution in [2.75, 3.05) is 7.05 Å². The van der Waals surface area contributed by atoms with Gasteiger partial charge in [-0.15, -0.1) is 0 Å². The SMILES string of the molecule is CNCc1c(C)nc(-c2cc(C)cc(F)c2)nc1C. The Labute approximate surface area is 112 Å². The van der Waals surface area contributed by atoms with Crippen LogP contribution in [0.2, 0.25) is 0 Å². The zero-order valence-corrected chi connectivity index (χ0v) is 11.7. The molecule has 0 aliphatic rings. The molecule has 0 fully saturated rings. The highest BCUT2D eigenvalue weighted by atomic mass is 19.1. The molecule has 1 aromatic heterocycles. The van der Waals surface area contributed by atoms with E-state index in [0.29, 0.717) is 5.82 Å². The number of rotatable bonds is 3. The summed E-state index contributed by atoms with van der Waals surface area (Å²) in [6.07, 6.45) is 0. The second-order valence-corrected chi connectivity index (χ2v) is 4.74. The van der Waals surface area contributed by atoms with Crippen molar-refractivity contribution in [3.05, 3.63) is 46.5 Å². The number of aryl methyl sites for hydroxylation is 3. The Kier molecular flexibility index (Phi) is 3.90. The lowest BCUT2D eigenvalue weighted by Crippen LogP contribution is -2.11. The van der Waals surface area contributed by atoms with E-state index in [9.17, 15) is 4.39 Å². The van der Waals surface area contributed by atoms with Gasteiger partial charge < -0.3 is 5.32 Å². The molecule has 0 unspecified atom stereocenters. The molecule has 0 aliphatic carbocycles. The van der Waals surface area contributed by atoms with Crippen molar-refractivity contribution in [2.24, 2.45) is 0 Å². The minimum atomic E-state index is -0.256. The Morgan fingerprint density at radius 2 is 1.68 bits per heavy atom. The summed E-state index contributed by atoms with van der Waals surface area (Å²) in [5.41, 5.74) is 4.55. The summed E-state index contributed by atoms with van der Waals surface area (Å²) in [5.74, 6) is 0.325. The molecule has 100 valence electrons. The minimum absolute atomic E-state index is 0.256. The van der Waals surface area contributed by atoms with E-state index in [2.05, 4.69) is 15.3 Å². The standard InChI is InChI=1S/C15H18FN3/c1-9-5-12(7-13(16)6-9)15-18-10(2)14(8-17-4)11(3)19-15/h5-7,17H,8H2,1-4H3. The van der Waals surface area contributed by atoms with Gasteiger partial charge in [0.25, 0.3) is 0 Å². The molecule has 1 N–H and O–H groups in total. The lowest BCUT2D eigenvalue weighted by molar-refractivity contribution is 0.627. The van der Waals surface area contributed by atoms with Crippen LogP contribution in [0.15, 0.2) is 18.2 Å². The van der Waals surface area contributed by atoms with E-state index in [1.165, 1.54) is 12.1 Å². The number of benzene rings is 1. The number of hydrogen-bond donors (Lipinski definition) is 1. The van der Waals surface area contributed by atoms with Crippen LogP contribution in [-0.4, -0.2) is 17.0 Å².